The van der Waals surface area contributed by atoms with Crippen molar-refractivity contribution in [2.24, 2.45) is 23.5 Å². The Morgan fingerprint density at radius 2 is 1.82 bits per heavy atom. The van der Waals surface area contributed by atoms with Crippen LogP contribution in [0, 0.1) is 17.8 Å². The van der Waals surface area contributed by atoms with Crippen molar-refractivity contribution in [3.05, 3.63) is 0 Å². The maximum absolute atomic E-state index is 5.69. The van der Waals surface area contributed by atoms with E-state index in [9.17, 15) is 0 Å². The van der Waals surface area contributed by atoms with Gasteiger partial charge in [0, 0.05) is 0 Å². The molecule has 0 aromatic heterocycles. The van der Waals surface area contributed by atoms with Gasteiger partial charge in [-0.1, -0.05) is 12.8 Å². The molecular formula is C10H19N. The highest BCUT2D eigenvalue weighted by Gasteiger charge is 2.34. The lowest BCUT2D eigenvalue weighted by atomic mass is 9.79. The minimum absolute atomic E-state index is 0.870. The third-order valence-electron chi connectivity index (χ3n) is 3.45. The zero-order valence-electron chi connectivity index (χ0n) is 7.26. The van der Waals surface area contributed by atoms with Crippen LogP contribution in [0.15, 0.2) is 0 Å². The number of nitrogens with two attached hydrogens (primary N) is 1. The largest absolute Gasteiger partial charge is 0.330 e. The zero-order valence-corrected chi connectivity index (χ0v) is 7.26. The summed E-state index contributed by atoms with van der Waals surface area (Å²) in [6.07, 6.45) is 8.83. The molecule has 2 atom stereocenters. The highest BCUT2D eigenvalue weighted by Crippen LogP contribution is 2.45. The summed E-state index contributed by atoms with van der Waals surface area (Å²) in [5, 5.41) is 0. The van der Waals surface area contributed by atoms with Crippen molar-refractivity contribution in [2.75, 3.05) is 6.54 Å². The molecule has 0 aliphatic heterocycles. The van der Waals surface area contributed by atoms with Gasteiger partial charge in [0.1, 0.15) is 0 Å². The molecule has 0 saturated heterocycles. The van der Waals surface area contributed by atoms with Crippen LogP contribution in [-0.2, 0) is 0 Å². The van der Waals surface area contributed by atoms with E-state index in [0.717, 1.165) is 24.3 Å². The van der Waals surface area contributed by atoms with E-state index < -0.39 is 0 Å². The topological polar surface area (TPSA) is 26.0 Å². The summed E-state index contributed by atoms with van der Waals surface area (Å²) in [6.45, 7) is 0.934. The third-order valence-corrected chi connectivity index (χ3v) is 3.45. The lowest BCUT2D eigenvalue weighted by molar-refractivity contribution is 0.248. The van der Waals surface area contributed by atoms with Gasteiger partial charge in [-0.3, -0.25) is 0 Å². The van der Waals surface area contributed by atoms with Gasteiger partial charge in [-0.15, -0.1) is 0 Å². The molecule has 0 aromatic rings. The van der Waals surface area contributed by atoms with Gasteiger partial charge >= 0.3 is 0 Å². The van der Waals surface area contributed by atoms with E-state index in [1.165, 1.54) is 38.5 Å². The van der Waals surface area contributed by atoms with Crippen LogP contribution in [0.25, 0.3) is 0 Å². The van der Waals surface area contributed by atoms with E-state index in [2.05, 4.69) is 0 Å². The van der Waals surface area contributed by atoms with Crippen molar-refractivity contribution < 1.29 is 0 Å². The van der Waals surface area contributed by atoms with Crippen molar-refractivity contribution in [3.63, 3.8) is 0 Å². The molecule has 0 bridgehead atoms. The van der Waals surface area contributed by atoms with Gasteiger partial charge < -0.3 is 5.73 Å². The summed E-state index contributed by atoms with van der Waals surface area (Å²) in [4.78, 5) is 0. The number of hydrogen-bond acceptors (Lipinski definition) is 1. The predicted molar refractivity (Wildman–Crippen MR) is 47.2 cm³/mol. The Kier molecular flexibility index (Phi) is 2.17. The Bertz CT molecular complexity index is 129. The fraction of sp³-hybridized carbons (Fsp3) is 1.00. The molecule has 11 heavy (non-hydrogen) atoms. The van der Waals surface area contributed by atoms with Crippen LogP contribution in [0.2, 0.25) is 0 Å². The van der Waals surface area contributed by atoms with E-state index in [1.54, 1.807) is 0 Å². The SMILES string of the molecule is NCC1CCCC(C2CC2)C1. The lowest BCUT2D eigenvalue weighted by Gasteiger charge is -2.28. The molecule has 2 saturated carbocycles. The summed E-state index contributed by atoms with van der Waals surface area (Å²) in [6, 6.07) is 0. The van der Waals surface area contributed by atoms with Crippen LogP contribution < -0.4 is 5.73 Å². The summed E-state index contributed by atoms with van der Waals surface area (Å²) in [5.74, 6) is 3.05. The average Bonchev–Trinajstić information content (AvgIpc) is 2.87. The number of hydrogen-bond donors (Lipinski definition) is 1. The molecule has 2 unspecified atom stereocenters. The second-order valence-electron chi connectivity index (χ2n) is 4.37. The van der Waals surface area contributed by atoms with Crippen molar-refractivity contribution in [1.29, 1.82) is 0 Å². The van der Waals surface area contributed by atoms with Gasteiger partial charge in [0.25, 0.3) is 0 Å². The maximum atomic E-state index is 5.69. The second-order valence-corrected chi connectivity index (χ2v) is 4.37. The normalized spacial score (nSPS) is 39.0. The van der Waals surface area contributed by atoms with Gasteiger partial charge in [0.05, 0.1) is 0 Å². The first-order valence-electron chi connectivity index (χ1n) is 5.10. The molecule has 0 radical (unpaired) electrons. The molecule has 2 fully saturated rings. The van der Waals surface area contributed by atoms with E-state index >= 15 is 0 Å². The van der Waals surface area contributed by atoms with Crippen LogP contribution in [-0.4, -0.2) is 6.54 Å². The smallest absolute Gasteiger partial charge is 0.00488 e. The molecule has 64 valence electrons. The second kappa shape index (κ2) is 3.14. The van der Waals surface area contributed by atoms with E-state index in [-0.39, 0.29) is 0 Å². The molecule has 1 heteroatoms. The van der Waals surface area contributed by atoms with Gasteiger partial charge in [-0.2, -0.15) is 0 Å². The Balaban J connectivity index is 1.82. The number of rotatable bonds is 2. The third kappa shape index (κ3) is 1.76. The van der Waals surface area contributed by atoms with E-state index in [0.29, 0.717) is 0 Å². The van der Waals surface area contributed by atoms with Gasteiger partial charge in [0.15, 0.2) is 0 Å². The maximum Gasteiger partial charge on any atom is -0.00488 e. The van der Waals surface area contributed by atoms with Crippen LogP contribution >= 0.6 is 0 Å². The summed E-state index contributed by atoms with van der Waals surface area (Å²) in [5.41, 5.74) is 5.69. The highest BCUT2D eigenvalue weighted by molar-refractivity contribution is 4.85. The quantitative estimate of drug-likeness (QED) is 0.646. The summed E-state index contributed by atoms with van der Waals surface area (Å²) < 4.78 is 0. The average molecular weight is 153 g/mol. The van der Waals surface area contributed by atoms with E-state index in [4.69, 9.17) is 5.73 Å². The van der Waals surface area contributed by atoms with Gasteiger partial charge in [-0.05, 0) is 50.0 Å². The fourth-order valence-electron chi connectivity index (χ4n) is 2.54. The van der Waals surface area contributed by atoms with Gasteiger partial charge in [0.2, 0.25) is 0 Å². The van der Waals surface area contributed by atoms with Gasteiger partial charge in [-0.25, -0.2) is 0 Å². The molecule has 2 aliphatic rings. The first-order chi connectivity index (χ1) is 5.40. The van der Waals surface area contributed by atoms with Crippen molar-refractivity contribution in [1.82, 2.24) is 0 Å². The molecule has 0 aromatic carbocycles. The Morgan fingerprint density at radius 1 is 1.00 bits per heavy atom. The molecular weight excluding hydrogens is 134 g/mol. The Labute approximate surface area is 69.4 Å². The van der Waals surface area contributed by atoms with Crippen molar-refractivity contribution >= 4 is 0 Å². The van der Waals surface area contributed by atoms with Crippen molar-refractivity contribution in [3.8, 4) is 0 Å². The molecule has 0 amide bonds. The fourth-order valence-corrected chi connectivity index (χ4v) is 2.54. The van der Waals surface area contributed by atoms with Crippen molar-refractivity contribution in [2.45, 2.75) is 38.5 Å². The van der Waals surface area contributed by atoms with Crippen LogP contribution in [0.5, 0.6) is 0 Å². The minimum Gasteiger partial charge on any atom is -0.330 e. The first-order valence-corrected chi connectivity index (χ1v) is 5.10. The molecule has 2 aliphatic carbocycles. The lowest BCUT2D eigenvalue weighted by Crippen LogP contribution is -2.23. The van der Waals surface area contributed by atoms with E-state index in [1.807, 2.05) is 0 Å². The molecule has 0 spiro atoms. The minimum atomic E-state index is 0.870. The molecule has 0 heterocycles. The zero-order chi connectivity index (χ0) is 7.68. The standard InChI is InChI=1S/C10H19N/c11-7-8-2-1-3-10(6-8)9-4-5-9/h8-10H,1-7,11H2. The Hall–Kier alpha value is -0.0400. The summed E-state index contributed by atoms with van der Waals surface area (Å²) in [7, 11) is 0. The molecule has 1 nitrogen and oxygen atoms in total. The highest BCUT2D eigenvalue weighted by atomic mass is 14.6. The van der Waals surface area contributed by atoms with Crippen LogP contribution in [0.1, 0.15) is 38.5 Å². The Morgan fingerprint density at radius 3 is 2.45 bits per heavy atom. The molecule has 2 rings (SSSR count). The van der Waals surface area contributed by atoms with Crippen LogP contribution in [0.3, 0.4) is 0 Å². The van der Waals surface area contributed by atoms with Crippen LogP contribution in [0.4, 0.5) is 0 Å². The molecule has 2 N–H and O–H groups in total. The monoisotopic (exact) mass is 153 g/mol. The summed E-state index contributed by atoms with van der Waals surface area (Å²) >= 11 is 0. The first kappa shape index (κ1) is 7.60. The predicted octanol–water partition coefficient (Wildman–Crippen LogP) is 2.16.